The molecule has 0 aromatic rings. The highest BCUT2D eigenvalue weighted by atomic mass is 16.7. The Bertz CT molecular complexity index is 454. The summed E-state index contributed by atoms with van der Waals surface area (Å²) in [5.41, 5.74) is 0. The maximum atomic E-state index is 9.94. The Labute approximate surface area is 153 Å². The van der Waals surface area contributed by atoms with E-state index in [9.17, 15) is 35.7 Å². The zero-order chi connectivity index (χ0) is 20.9. The Balaban J connectivity index is 0.000000828. The van der Waals surface area contributed by atoms with E-state index in [1.807, 2.05) is 0 Å². The van der Waals surface area contributed by atoms with Gasteiger partial charge in [-0.1, -0.05) is 0 Å². The molecule has 2 rings (SSSR count). The van der Waals surface area contributed by atoms with Gasteiger partial charge in [-0.2, -0.15) is 0 Å². The van der Waals surface area contributed by atoms with Crippen molar-refractivity contribution in [3.05, 3.63) is 0 Å². The van der Waals surface area contributed by atoms with Crippen LogP contribution in [0.15, 0.2) is 0 Å². The van der Waals surface area contributed by atoms with Crippen molar-refractivity contribution in [1.82, 2.24) is 0 Å². The van der Waals surface area contributed by atoms with E-state index in [1.54, 1.807) is 0 Å². The van der Waals surface area contributed by atoms with Crippen LogP contribution in [0.25, 0.3) is 0 Å². The van der Waals surface area contributed by atoms with Gasteiger partial charge in [0.2, 0.25) is 0 Å². The van der Waals surface area contributed by atoms with E-state index >= 15 is 0 Å². The predicted molar refractivity (Wildman–Crippen MR) is 81.9 cm³/mol. The minimum atomic E-state index is -1.74. The van der Waals surface area contributed by atoms with Gasteiger partial charge >= 0.3 is 0 Å². The summed E-state index contributed by atoms with van der Waals surface area (Å²) in [5, 5.41) is 83.9. The van der Waals surface area contributed by atoms with Crippen molar-refractivity contribution >= 4 is 5.97 Å². The molecular formula is C14H26O13. The molecule has 0 spiro atoms. The average molecular weight is 402 g/mol. The van der Waals surface area contributed by atoms with Crippen LogP contribution in [-0.4, -0.2) is 127 Å². The molecule has 0 amide bonds. The lowest BCUT2D eigenvalue weighted by Crippen LogP contribution is -2.64. The second-order valence-electron chi connectivity index (χ2n) is 6.05. The topological polar surface area (TPSA) is 227 Å². The molecule has 13 heteroatoms. The number of hydrogen-bond acceptors (Lipinski definition) is 12. The maximum Gasteiger partial charge on any atom is 0.300 e. The largest absolute Gasteiger partial charge is 0.481 e. The van der Waals surface area contributed by atoms with E-state index in [0.717, 1.165) is 6.92 Å². The number of hydrogen-bond donors (Lipinski definition) is 9. The molecule has 13 nitrogen and oxygen atoms in total. The summed E-state index contributed by atoms with van der Waals surface area (Å²) in [6, 6.07) is 0. The molecule has 10 atom stereocenters. The number of aliphatic hydroxyl groups excluding tert-OH is 8. The zero-order valence-electron chi connectivity index (χ0n) is 14.3. The van der Waals surface area contributed by atoms with Crippen molar-refractivity contribution in [3.63, 3.8) is 0 Å². The fourth-order valence-corrected chi connectivity index (χ4v) is 2.57. The van der Waals surface area contributed by atoms with Gasteiger partial charge in [0.25, 0.3) is 5.97 Å². The van der Waals surface area contributed by atoms with Gasteiger partial charge in [0.05, 0.1) is 13.2 Å². The van der Waals surface area contributed by atoms with E-state index in [2.05, 4.69) is 0 Å². The maximum absolute atomic E-state index is 9.94. The van der Waals surface area contributed by atoms with Gasteiger partial charge in [-0.15, -0.1) is 0 Å². The van der Waals surface area contributed by atoms with Crippen molar-refractivity contribution in [2.24, 2.45) is 0 Å². The second kappa shape index (κ2) is 10.5. The Morgan fingerprint density at radius 3 is 1.81 bits per heavy atom. The summed E-state index contributed by atoms with van der Waals surface area (Å²) in [4.78, 5) is 9.00. The number of aliphatic hydroxyl groups is 8. The van der Waals surface area contributed by atoms with Crippen LogP contribution in [-0.2, 0) is 19.0 Å². The van der Waals surface area contributed by atoms with Crippen LogP contribution in [0.1, 0.15) is 6.92 Å². The summed E-state index contributed by atoms with van der Waals surface area (Å²) >= 11 is 0. The highest BCUT2D eigenvalue weighted by Gasteiger charge is 2.50. The van der Waals surface area contributed by atoms with Gasteiger partial charge in [-0.3, -0.25) is 4.79 Å². The minimum Gasteiger partial charge on any atom is -0.481 e. The molecule has 0 radical (unpaired) electrons. The van der Waals surface area contributed by atoms with Crippen LogP contribution in [0.5, 0.6) is 0 Å². The third-order valence-corrected chi connectivity index (χ3v) is 3.98. The molecule has 0 aromatic carbocycles. The summed E-state index contributed by atoms with van der Waals surface area (Å²) in [7, 11) is 0. The Kier molecular flexibility index (Phi) is 9.40. The van der Waals surface area contributed by atoms with E-state index in [0.29, 0.717) is 0 Å². The summed E-state index contributed by atoms with van der Waals surface area (Å²) in [6.07, 6.45) is -15.6. The predicted octanol–water partition coefficient (Wildman–Crippen LogP) is -5.31. The molecule has 0 bridgehead atoms. The molecule has 0 saturated carbocycles. The van der Waals surface area contributed by atoms with Crippen molar-refractivity contribution in [2.45, 2.75) is 68.3 Å². The van der Waals surface area contributed by atoms with Crippen molar-refractivity contribution in [1.29, 1.82) is 0 Å². The number of carboxylic acid groups (broad SMARTS) is 1. The standard InChI is InChI=1S/C12H22O11.C2H4O2/c13-1-3-5(15)6(16)9(19)12(22-3)23-10-4(2-14)21-11(20)8(18)7(10)17;1-2(3)4/h3-20H,1-2H2;1H3,(H,3,4)/t3-,4-,5+,6+,7-,8-,9-,10-,11?,12+;/m1./s1. The first-order valence-electron chi connectivity index (χ1n) is 8.01. The SMILES string of the molecule is CC(=O)O.OC[C@H]1O[C@@H](O[C@H]2[C@H](O)[C@@H](O)C(O)O[C@@H]2CO)[C@H](O)[C@@H](O)[C@H]1O. The molecule has 27 heavy (non-hydrogen) atoms. The monoisotopic (exact) mass is 402 g/mol. The first kappa shape index (κ1) is 24.1. The van der Waals surface area contributed by atoms with E-state index in [1.165, 1.54) is 0 Å². The van der Waals surface area contributed by atoms with Crippen LogP contribution >= 0.6 is 0 Å². The number of ether oxygens (including phenoxy) is 3. The van der Waals surface area contributed by atoms with E-state index < -0.39 is 80.6 Å². The zero-order valence-corrected chi connectivity index (χ0v) is 14.3. The summed E-state index contributed by atoms with van der Waals surface area (Å²) in [6.45, 7) is -0.262. The van der Waals surface area contributed by atoms with Crippen LogP contribution in [0.2, 0.25) is 0 Å². The lowest BCUT2D eigenvalue weighted by molar-refractivity contribution is -0.355. The molecule has 0 aromatic heterocycles. The molecule has 2 aliphatic heterocycles. The quantitative estimate of drug-likeness (QED) is 0.214. The molecule has 2 saturated heterocycles. The number of aliphatic carboxylic acids is 1. The van der Waals surface area contributed by atoms with Crippen molar-refractivity contribution < 1.29 is 65.0 Å². The van der Waals surface area contributed by atoms with Crippen LogP contribution < -0.4 is 0 Å². The lowest BCUT2D eigenvalue weighted by Gasteiger charge is -2.45. The highest BCUT2D eigenvalue weighted by Crippen LogP contribution is 2.28. The smallest absolute Gasteiger partial charge is 0.300 e. The molecule has 2 heterocycles. The van der Waals surface area contributed by atoms with Crippen LogP contribution in [0, 0.1) is 0 Å². The third-order valence-electron chi connectivity index (χ3n) is 3.98. The number of carboxylic acids is 1. The van der Waals surface area contributed by atoms with Crippen molar-refractivity contribution in [3.8, 4) is 0 Å². The van der Waals surface area contributed by atoms with E-state index in [4.69, 9.17) is 29.2 Å². The summed E-state index contributed by atoms with van der Waals surface area (Å²) < 4.78 is 15.3. The van der Waals surface area contributed by atoms with Gasteiger partial charge in [-0.25, -0.2) is 0 Å². The molecule has 0 aliphatic carbocycles. The lowest BCUT2D eigenvalue weighted by atomic mass is 9.97. The average Bonchev–Trinajstić information content (AvgIpc) is 2.61. The minimum absolute atomic E-state index is 0.667. The van der Waals surface area contributed by atoms with Crippen LogP contribution in [0.3, 0.4) is 0 Å². The fraction of sp³-hybridized carbons (Fsp3) is 0.929. The Hall–Kier alpha value is -0.970. The highest BCUT2D eigenvalue weighted by molar-refractivity contribution is 5.62. The number of carbonyl (C=O) groups is 1. The Morgan fingerprint density at radius 1 is 0.815 bits per heavy atom. The first-order valence-corrected chi connectivity index (χ1v) is 8.01. The molecule has 2 aliphatic rings. The third kappa shape index (κ3) is 6.00. The fourth-order valence-electron chi connectivity index (χ4n) is 2.57. The molecule has 9 N–H and O–H groups in total. The van der Waals surface area contributed by atoms with Gasteiger partial charge < -0.3 is 60.2 Å². The molecule has 160 valence electrons. The Morgan fingerprint density at radius 2 is 1.33 bits per heavy atom. The van der Waals surface area contributed by atoms with Gasteiger partial charge in [0, 0.05) is 6.92 Å². The molecule has 1 unspecified atom stereocenters. The number of rotatable bonds is 4. The first-order chi connectivity index (χ1) is 12.5. The molecule has 2 fully saturated rings. The van der Waals surface area contributed by atoms with Gasteiger partial charge in [-0.05, 0) is 0 Å². The van der Waals surface area contributed by atoms with Gasteiger partial charge in [0.1, 0.15) is 48.8 Å². The molecular weight excluding hydrogens is 376 g/mol. The second-order valence-corrected chi connectivity index (χ2v) is 6.05. The van der Waals surface area contributed by atoms with E-state index in [-0.39, 0.29) is 0 Å². The normalized spacial score (nSPS) is 44.9. The van der Waals surface area contributed by atoms with Gasteiger partial charge in [0.15, 0.2) is 12.6 Å². The van der Waals surface area contributed by atoms with Crippen LogP contribution in [0.4, 0.5) is 0 Å². The summed E-state index contributed by atoms with van der Waals surface area (Å²) in [5.74, 6) is -0.833. The van der Waals surface area contributed by atoms with Crippen molar-refractivity contribution in [2.75, 3.05) is 13.2 Å².